The van der Waals surface area contributed by atoms with Gasteiger partial charge in [-0.05, 0) is 31.2 Å². The average molecular weight is 225 g/mol. The molecule has 1 aromatic rings. The number of halogens is 1. The Morgan fingerprint density at radius 3 is 2.33 bits per heavy atom. The van der Waals surface area contributed by atoms with Gasteiger partial charge in [-0.1, -0.05) is 25.4 Å². The number of nitrogens with zero attached hydrogens (tertiary/aromatic N) is 1. The minimum absolute atomic E-state index is 0.0255. The maximum absolute atomic E-state index is 11.8. The van der Waals surface area contributed by atoms with E-state index in [1.165, 1.54) is 0 Å². The van der Waals surface area contributed by atoms with E-state index in [1.807, 2.05) is 26.0 Å². The van der Waals surface area contributed by atoms with E-state index in [1.54, 1.807) is 17.0 Å². The first kappa shape index (κ1) is 12.1. The van der Waals surface area contributed by atoms with Gasteiger partial charge in [0.1, 0.15) is 0 Å². The number of carbonyl (C=O) groups excluding carboxylic acids is 1. The molecule has 3 heteroatoms. The van der Waals surface area contributed by atoms with Crippen LogP contribution in [-0.4, -0.2) is 12.5 Å². The molecule has 0 atom stereocenters. The average Bonchev–Trinajstić information content (AvgIpc) is 2.21. The first-order valence-corrected chi connectivity index (χ1v) is 5.30. The highest BCUT2D eigenvalue weighted by Crippen LogP contribution is 2.19. The number of carbonyl (C=O) groups is 1. The van der Waals surface area contributed by atoms with Crippen molar-refractivity contribution >= 4 is 23.2 Å². The maximum Gasteiger partial charge on any atom is 0.229 e. The summed E-state index contributed by atoms with van der Waals surface area (Å²) in [5.74, 6) is 0.0507. The Labute approximate surface area is 95.8 Å². The quantitative estimate of drug-likeness (QED) is 0.773. The molecule has 0 N–H and O–H groups in total. The maximum atomic E-state index is 11.8. The van der Waals surface area contributed by atoms with Crippen molar-refractivity contribution in [3.8, 4) is 0 Å². The third-order valence-electron chi connectivity index (χ3n) is 2.12. The Balaban J connectivity index is 2.92. The zero-order chi connectivity index (χ0) is 11.4. The van der Waals surface area contributed by atoms with Crippen molar-refractivity contribution in [3.63, 3.8) is 0 Å². The molecule has 1 aromatic carbocycles. The monoisotopic (exact) mass is 224 g/mol. The summed E-state index contributed by atoms with van der Waals surface area (Å²) < 4.78 is 0. The van der Waals surface area contributed by atoms with Gasteiger partial charge in [-0.25, -0.2) is 0 Å². The Kier molecular flexibility index (Phi) is 4.15. The van der Waals surface area contributed by atoms with Crippen LogP contribution in [0.15, 0.2) is 24.3 Å². The van der Waals surface area contributed by atoms with Crippen molar-refractivity contribution in [2.45, 2.75) is 13.8 Å². The molecule has 15 heavy (non-hydrogen) atoms. The predicted octanol–water partition coefficient (Wildman–Crippen LogP) is 3.16. The molecule has 1 radical (unpaired) electrons. The van der Waals surface area contributed by atoms with Crippen molar-refractivity contribution < 1.29 is 4.79 Å². The van der Waals surface area contributed by atoms with Gasteiger partial charge in [0, 0.05) is 23.2 Å². The Morgan fingerprint density at radius 2 is 1.93 bits per heavy atom. The lowest BCUT2D eigenvalue weighted by atomic mass is 10.1. The third kappa shape index (κ3) is 2.96. The summed E-state index contributed by atoms with van der Waals surface area (Å²) in [6.07, 6.45) is 0. The fourth-order valence-electron chi connectivity index (χ4n) is 1.30. The molecular weight excluding hydrogens is 210 g/mol. The van der Waals surface area contributed by atoms with E-state index in [2.05, 4.69) is 6.92 Å². The van der Waals surface area contributed by atoms with Crippen LogP contribution >= 0.6 is 11.6 Å². The topological polar surface area (TPSA) is 20.3 Å². The first-order valence-electron chi connectivity index (χ1n) is 4.92. The summed E-state index contributed by atoms with van der Waals surface area (Å²) in [5, 5.41) is 0.666. The van der Waals surface area contributed by atoms with Gasteiger partial charge in [-0.2, -0.15) is 0 Å². The zero-order valence-electron chi connectivity index (χ0n) is 9.03. The molecule has 0 fully saturated rings. The van der Waals surface area contributed by atoms with Crippen LogP contribution in [0.5, 0.6) is 0 Å². The van der Waals surface area contributed by atoms with Crippen LogP contribution in [0.25, 0.3) is 0 Å². The van der Waals surface area contributed by atoms with Crippen LogP contribution in [0.3, 0.4) is 0 Å². The number of rotatable bonds is 3. The summed E-state index contributed by atoms with van der Waals surface area (Å²) in [4.78, 5) is 13.5. The van der Waals surface area contributed by atoms with E-state index in [4.69, 9.17) is 11.6 Å². The van der Waals surface area contributed by atoms with Crippen molar-refractivity contribution in [1.82, 2.24) is 0 Å². The fourth-order valence-corrected chi connectivity index (χ4v) is 1.43. The highest BCUT2D eigenvalue weighted by atomic mass is 35.5. The Bertz CT molecular complexity index is 332. The van der Waals surface area contributed by atoms with Gasteiger partial charge in [0.25, 0.3) is 0 Å². The van der Waals surface area contributed by atoms with Crippen LogP contribution in [0, 0.1) is 12.8 Å². The summed E-state index contributed by atoms with van der Waals surface area (Å²) >= 11 is 5.78. The number of hydrogen-bond donors (Lipinski definition) is 0. The van der Waals surface area contributed by atoms with Crippen molar-refractivity contribution in [2.24, 2.45) is 5.92 Å². The van der Waals surface area contributed by atoms with E-state index >= 15 is 0 Å². The van der Waals surface area contributed by atoms with Crippen molar-refractivity contribution in [2.75, 3.05) is 11.4 Å². The van der Waals surface area contributed by atoms with Crippen molar-refractivity contribution in [3.05, 3.63) is 36.2 Å². The second-order valence-corrected chi connectivity index (χ2v) is 4.06. The Morgan fingerprint density at radius 1 is 1.40 bits per heavy atom. The second kappa shape index (κ2) is 5.17. The molecular formula is C12H15ClNO. The largest absolute Gasteiger partial charge is 0.312 e. The molecule has 0 bridgehead atoms. The number of anilines is 1. The predicted molar refractivity (Wildman–Crippen MR) is 64.0 cm³/mol. The number of benzene rings is 1. The van der Waals surface area contributed by atoms with Gasteiger partial charge in [-0.3, -0.25) is 4.79 Å². The molecule has 2 nitrogen and oxygen atoms in total. The zero-order valence-corrected chi connectivity index (χ0v) is 9.79. The normalized spacial score (nSPS) is 10.5. The molecule has 0 aliphatic carbocycles. The minimum Gasteiger partial charge on any atom is -0.312 e. The van der Waals surface area contributed by atoms with Gasteiger partial charge in [0.15, 0.2) is 0 Å². The Hall–Kier alpha value is -1.02. The van der Waals surface area contributed by atoms with Crippen LogP contribution in [-0.2, 0) is 4.79 Å². The molecule has 0 spiro atoms. The molecule has 0 aromatic heterocycles. The van der Waals surface area contributed by atoms with Crippen LogP contribution in [0.2, 0.25) is 5.02 Å². The van der Waals surface area contributed by atoms with E-state index in [0.29, 0.717) is 11.6 Å². The highest BCUT2D eigenvalue weighted by molar-refractivity contribution is 6.30. The lowest BCUT2D eigenvalue weighted by Crippen LogP contribution is -2.34. The van der Waals surface area contributed by atoms with Crippen LogP contribution < -0.4 is 4.90 Å². The standard InChI is InChI=1S/C12H15ClNO/c1-4-14(12(15)9(2)3)11-7-5-10(13)6-8-11/h5-9H,1,4H2,2-3H3. The summed E-state index contributed by atoms with van der Waals surface area (Å²) in [6, 6.07) is 7.20. The molecule has 0 unspecified atom stereocenters. The SMILES string of the molecule is [CH2]CN(C(=O)C(C)C)c1ccc(Cl)cc1. The van der Waals surface area contributed by atoms with Gasteiger partial charge in [0.2, 0.25) is 5.91 Å². The molecule has 81 valence electrons. The van der Waals surface area contributed by atoms with Gasteiger partial charge in [0.05, 0.1) is 0 Å². The summed E-state index contributed by atoms with van der Waals surface area (Å²) in [5.41, 5.74) is 0.841. The second-order valence-electron chi connectivity index (χ2n) is 3.62. The summed E-state index contributed by atoms with van der Waals surface area (Å²) in [7, 11) is 0. The molecule has 0 aliphatic rings. The molecule has 0 aliphatic heterocycles. The number of amides is 1. The number of hydrogen-bond acceptors (Lipinski definition) is 1. The van der Waals surface area contributed by atoms with Gasteiger partial charge < -0.3 is 4.90 Å². The lowest BCUT2D eigenvalue weighted by Gasteiger charge is -2.22. The smallest absolute Gasteiger partial charge is 0.229 e. The first-order chi connectivity index (χ1) is 7.06. The molecule has 0 saturated carbocycles. The van der Waals surface area contributed by atoms with Gasteiger partial charge in [-0.15, -0.1) is 0 Å². The summed E-state index contributed by atoms with van der Waals surface area (Å²) in [6.45, 7) is 7.94. The lowest BCUT2D eigenvalue weighted by molar-refractivity contribution is -0.121. The fraction of sp³-hybridized carbons (Fsp3) is 0.333. The van der Waals surface area contributed by atoms with E-state index in [9.17, 15) is 4.79 Å². The van der Waals surface area contributed by atoms with E-state index in [0.717, 1.165) is 5.69 Å². The minimum atomic E-state index is -0.0255. The molecule has 0 heterocycles. The highest BCUT2D eigenvalue weighted by Gasteiger charge is 2.16. The third-order valence-corrected chi connectivity index (χ3v) is 2.37. The molecule has 1 rings (SSSR count). The molecule has 1 amide bonds. The van der Waals surface area contributed by atoms with Crippen molar-refractivity contribution in [1.29, 1.82) is 0 Å². The van der Waals surface area contributed by atoms with Crippen LogP contribution in [0.1, 0.15) is 13.8 Å². The van der Waals surface area contributed by atoms with E-state index in [-0.39, 0.29) is 11.8 Å². The van der Waals surface area contributed by atoms with Crippen LogP contribution in [0.4, 0.5) is 5.69 Å². The van der Waals surface area contributed by atoms with E-state index < -0.39 is 0 Å². The molecule has 0 saturated heterocycles. The van der Waals surface area contributed by atoms with Gasteiger partial charge >= 0.3 is 0 Å².